The summed E-state index contributed by atoms with van der Waals surface area (Å²) < 4.78 is 33.3. The van der Waals surface area contributed by atoms with Gasteiger partial charge in [-0.25, -0.2) is 0 Å². The van der Waals surface area contributed by atoms with E-state index in [4.69, 9.17) is 4.74 Å². The van der Waals surface area contributed by atoms with Crippen molar-refractivity contribution in [1.29, 1.82) is 0 Å². The fourth-order valence-corrected chi connectivity index (χ4v) is 4.52. The smallest absolute Gasteiger partial charge is 0.309 e. The van der Waals surface area contributed by atoms with Crippen LogP contribution in [0.3, 0.4) is 0 Å². The zero-order valence-corrected chi connectivity index (χ0v) is 13.4. The normalized spacial score (nSPS) is 26.7. The molecular weight excluding hydrogens is 296 g/mol. The van der Waals surface area contributed by atoms with E-state index in [1.54, 1.807) is 13.8 Å². The molecule has 0 radical (unpaired) electrons. The maximum absolute atomic E-state index is 12.6. The second-order valence-electron chi connectivity index (χ2n) is 6.24. The molecule has 2 aliphatic rings. The first-order valence-corrected chi connectivity index (χ1v) is 8.72. The van der Waals surface area contributed by atoms with Crippen LogP contribution in [0.25, 0.3) is 0 Å². The third kappa shape index (κ3) is 3.39. The van der Waals surface area contributed by atoms with Gasteiger partial charge in [0.25, 0.3) is 10.2 Å². The Balaban J connectivity index is 2.11. The largest absolute Gasteiger partial charge is 0.481 e. The van der Waals surface area contributed by atoms with Crippen LogP contribution >= 0.6 is 0 Å². The summed E-state index contributed by atoms with van der Waals surface area (Å²) in [6.45, 7) is 5.65. The Morgan fingerprint density at radius 3 is 2.38 bits per heavy atom. The fourth-order valence-electron chi connectivity index (χ4n) is 2.86. The van der Waals surface area contributed by atoms with Crippen LogP contribution < -0.4 is 0 Å². The highest BCUT2D eigenvalue weighted by molar-refractivity contribution is 7.86. The molecule has 0 aromatic heterocycles. The monoisotopic (exact) mass is 320 g/mol. The van der Waals surface area contributed by atoms with Crippen LogP contribution in [0.4, 0.5) is 0 Å². The van der Waals surface area contributed by atoms with Gasteiger partial charge in [0, 0.05) is 26.2 Å². The molecule has 8 heteroatoms. The summed E-state index contributed by atoms with van der Waals surface area (Å²) in [6, 6.07) is 0. The lowest BCUT2D eigenvalue weighted by molar-refractivity contribution is -0.151. The Morgan fingerprint density at radius 2 is 1.81 bits per heavy atom. The first-order chi connectivity index (χ1) is 9.76. The zero-order chi connectivity index (χ0) is 15.7. The molecule has 122 valence electrons. The van der Waals surface area contributed by atoms with Crippen molar-refractivity contribution in [3.05, 3.63) is 0 Å². The number of hydrogen-bond acceptors (Lipinski definition) is 4. The number of carbonyl (C=O) groups is 1. The number of rotatable bonds is 4. The minimum Gasteiger partial charge on any atom is -0.481 e. The predicted octanol–water partition coefficient (Wildman–Crippen LogP) is 0.386. The molecule has 21 heavy (non-hydrogen) atoms. The average Bonchev–Trinajstić information content (AvgIpc) is 2.48. The number of piperidine rings is 1. The average molecular weight is 320 g/mol. The highest BCUT2D eigenvalue weighted by Gasteiger charge is 2.42. The minimum absolute atomic E-state index is 0.167. The molecule has 0 bridgehead atoms. The highest BCUT2D eigenvalue weighted by atomic mass is 32.2. The number of carboxylic acids is 1. The maximum Gasteiger partial charge on any atom is 0.309 e. The zero-order valence-electron chi connectivity index (χ0n) is 12.6. The van der Waals surface area contributed by atoms with Crippen LogP contribution in [0.1, 0.15) is 26.7 Å². The van der Waals surface area contributed by atoms with Crippen molar-refractivity contribution in [2.24, 2.45) is 11.3 Å². The molecule has 0 spiro atoms. The predicted molar refractivity (Wildman–Crippen MR) is 77.0 cm³/mol. The first kappa shape index (κ1) is 16.7. The summed E-state index contributed by atoms with van der Waals surface area (Å²) in [6.07, 6.45) is 1.44. The Labute approximate surface area is 126 Å². The molecule has 2 heterocycles. The first-order valence-electron chi connectivity index (χ1n) is 7.32. The van der Waals surface area contributed by atoms with Gasteiger partial charge in [0.1, 0.15) is 0 Å². The molecule has 2 saturated heterocycles. The van der Waals surface area contributed by atoms with Gasteiger partial charge in [0.2, 0.25) is 0 Å². The second-order valence-corrected chi connectivity index (χ2v) is 8.17. The minimum atomic E-state index is -3.51. The molecule has 1 N–H and O–H groups in total. The van der Waals surface area contributed by atoms with Crippen LogP contribution in [0, 0.1) is 11.3 Å². The number of hydrogen-bond donors (Lipinski definition) is 1. The second kappa shape index (κ2) is 6.20. The number of nitrogens with zero attached hydrogens (tertiary/aromatic N) is 2. The van der Waals surface area contributed by atoms with Gasteiger partial charge < -0.3 is 9.84 Å². The van der Waals surface area contributed by atoms with Crippen LogP contribution in [-0.4, -0.2) is 67.5 Å². The van der Waals surface area contributed by atoms with Crippen molar-refractivity contribution in [3.63, 3.8) is 0 Å². The van der Waals surface area contributed by atoms with Gasteiger partial charge in [-0.05, 0) is 32.6 Å². The van der Waals surface area contributed by atoms with Crippen LogP contribution in [0.15, 0.2) is 0 Å². The molecule has 0 amide bonds. The Bertz CT molecular complexity index is 485. The lowest BCUT2D eigenvalue weighted by atomic mass is 9.75. The summed E-state index contributed by atoms with van der Waals surface area (Å²) in [5.41, 5.74) is -0.917. The van der Waals surface area contributed by atoms with Crippen molar-refractivity contribution < 1.29 is 23.1 Å². The van der Waals surface area contributed by atoms with Gasteiger partial charge in [0.15, 0.2) is 0 Å². The van der Waals surface area contributed by atoms with Crippen LogP contribution in [0.5, 0.6) is 0 Å². The molecule has 7 nitrogen and oxygen atoms in total. The van der Waals surface area contributed by atoms with E-state index in [0.717, 1.165) is 6.42 Å². The number of carboxylic acid groups (broad SMARTS) is 1. The molecule has 2 aliphatic heterocycles. The van der Waals surface area contributed by atoms with Crippen molar-refractivity contribution in [2.45, 2.75) is 26.7 Å². The van der Waals surface area contributed by atoms with Gasteiger partial charge in [-0.3, -0.25) is 4.79 Å². The fraction of sp³-hybridized carbons (Fsp3) is 0.923. The Morgan fingerprint density at radius 1 is 1.19 bits per heavy atom. The number of ether oxygens (including phenoxy) is 1. The van der Waals surface area contributed by atoms with E-state index in [-0.39, 0.29) is 12.5 Å². The van der Waals surface area contributed by atoms with Gasteiger partial charge in [0.05, 0.1) is 18.6 Å². The van der Waals surface area contributed by atoms with E-state index in [2.05, 4.69) is 0 Å². The van der Waals surface area contributed by atoms with Crippen molar-refractivity contribution in [2.75, 3.05) is 39.4 Å². The van der Waals surface area contributed by atoms with E-state index in [1.807, 2.05) is 0 Å². The maximum atomic E-state index is 12.6. The van der Waals surface area contributed by atoms with Crippen LogP contribution in [-0.2, 0) is 19.7 Å². The van der Waals surface area contributed by atoms with Gasteiger partial charge in [-0.1, -0.05) is 0 Å². The highest BCUT2D eigenvalue weighted by Crippen LogP contribution is 2.35. The third-order valence-corrected chi connectivity index (χ3v) is 6.58. The third-order valence-electron chi connectivity index (χ3n) is 4.58. The summed E-state index contributed by atoms with van der Waals surface area (Å²) in [7, 11) is -3.51. The van der Waals surface area contributed by atoms with E-state index < -0.39 is 21.6 Å². The summed E-state index contributed by atoms with van der Waals surface area (Å²) in [5.74, 6) is -1.04. The molecule has 0 aromatic rings. The van der Waals surface area contributed by atoms with E-state index in [9.17, 15) is 18.3 Å². The van der Waals surface area contributed by atoms with E-state index >= 15 is 0 Å². The quantitative estimate of drug-likeness (QED) is 0.809. The number of aliphatic carboxylic acids is 1. The van der Waals surface area contributed by atoms with Gasteiger partial charge >= 0.3 is 5.97 Å². The molecule has 0 aliphatic carbocycles. The molecule has 2 rings (SSSR count). The Hall–Kier alpha value is -0.700. The van der Waals surface area contributed by atoms with Crippen molar-refractivity contribution in [3.8, 4) is 0 Å². The van der Waals surface area contributed by atoms with E-state index in [1.165, 1.54) is 8.61 Å². The van der Waals surface area contributed by atoms with Crippen LogP contribution in [0.2, 0.25) is 0 Å². The lowest BCUT2D eigenvalue weighted by Gasteiger charge is -2.40. The summed E-state index contributed by atoms with van der Waals surface area (Å²) in [4.78, 5) is 11.4. The standard InChI is InChI=1S/C13H24N2O5S/c1-13(2,12(16)17)11-4-3-5-15(10-11)21(18,19)14-6-8-20-9-7-14/h11H,3-10H2,1-2H3,(H,16,17). The topological polar surface area (TPSA) is 87.2 Å². The molecule has 1 atom stereocenters. The van der Waals surface area contributed by atoms with Crippen molar-refractivity contribution in [1.82, 2.24) is 8.61 Å². The SMILES string of the molecule is CC(C)(C(=O)O)C1CCCN(S(=O)(=O)N2CCOCC2)C1. The molecule has 2 fully saturated rings. The molecule has 0 aromatic carbocycles. The Kier molecular flexibility index (Phi) is 4.92. The van der Waals surface area contributed by atoms with Crippen molar-refractivity contribution >= 4 is 16.2 Å². The molecule has 1 unspecified atom stereocenters. The summed E-state index contributed by atoms with van der Waals surface area (Å²) in [5, 5.41) is 9.34. The van der Waals surface area contributed by atoms with E-state index in [0.29, 0.717) is 39.3 Å². The van der Waals surface area contributed by atoms with Gasteiger partial charge in [-0.2, -0.15) is 17.0 Å². The number of morpholine rings is 1. The lowest BCUT2D eigenvalue weighted by Crippen LogP contribution is -2.53. The molecule has 0 saturated carbocycles. The van der Waals surface area contributed by atoms with Gasteiger partial charge in [-0.15, -0.1) is 0 Å². The summed E-state index contributed by atoms with van der Waals surface area (Å²) >= 11 is 0. The molecular formula is C13H24N2O5S.